The van der Waals surface area contributed by atoms with E-state index >= 15 is 0 Å². The van der Waals surface area contributed by atoms with Gasteiger partial charge in [0.2, 0.25) is 0 Å². The van der Waals surface area contributed by atoms with Crippen molar-refractivity contribution in [2.45, 2.75) is 6.04 Å². The number of hydrogen-bond donors (Lipinski definition) is 1. The Morgan fingerprint density at radius 3 is 2.44 bits per heavy atom. The summed E-state index contributed by atoms with van der Waals surface area (Å²) < 4.78 is 1.63. The SMILES string of the molecule is CN1CCN(C(C(=O)O)c2ncn(C)c2Cl)CC1. The highest BCUT2D eigenvalue weighted by atomic mass is 35.5. The third-order valence-corrected chi connectivity index (χ3v) is 3.75. The van der Waals surface area contributed by atoms with Crippen molar-refractivity contribution in [2.75, 3.05) is 33.2 Å². The Labute approximate surface area is 111 Å². The number of aliphatic carboxylic acids is 1. The van der Waals surface area contributed by atoms with Gasteiger partial charge in [-0.05, 0) is 7.05 Å². The zero-order chi connectivity index (χ0) is 13.3. The predicted octanol–water partition coefficient (Wildman–Crippen LogP) is 0.447. The average molecular weight is 273 g/mol. The third kappa shape index (κ3) is 2.50. The minimum Gasteiger partial charge on any atom is -0.480 e. The van der Waals surface area contributed by atoms with Gasteiger partial charge in [-0.15, -0.1) is 0 Å². The van der Waals surface area contributed by atoms with Crippen LogP contribution < -0.4 is 0 Å². The lowest BCUT2D eigenvalue weighted by Crippen LogP contribution is -2.48. The first-order valence-corrected chi connectivity index (χ1v) is 6.20. The number of carbonyl (C=O) groups is 1. The van der Waals surface area contributed by atoms with Crippen molar-refractivity contribution in [1.82, 2.24) is 19.4 Å². The summed E-state index contributed by atoms with van der Waals surface area (Å²) in [4.78, 5) is 19.7. The number of aryl methyl sites for hydroxylation is 1. The van der Waals surface area contributed by atoms with Crippen molar-refractivity contribution in [2.24, 2.45) is 7.05 Å². The van der Waals surface area contributed by atoms with E-state index in [1.807, 2.05) is 11.9 Å². The number of carboxylic acid groups (broad SMARTS) is 1. The maximum Gasteiger partial charge on any atom is 0.327 e. The standard InChI is InChI=1S/C11H17ClN4O2/c1-14-3-5-16(6-4-14)9(11(17)18)8-10(12)15(2)7-13-8/h7,9H,3-6H2,1-2H3,(H,17,18). The number of likely N-dealkylation sites (N-methyl/N-ethyl adjacent to an activating group) is 1. The molecule has 0 bridgehead atoms. The van der Waals surface area contributed by atoms with Gasteiger partial charge in [-0.2, -0.15) is 0 Å². The Hall–Kier alpha value is -1.11. The molecule has 2 heterocycles. The molecule has 1 unspecified atom stereocenters. The number of hydrogen-bond acceptors (Lipinski definition) is 4. The number of nitrogens with zero attached hydrogens (tertiary/aromatic N) is 4. The molecule has 0 aromatic carbocycles. The van der Waals surface area contributed by atoms with Crippen LogP contribution in [0.15, 0.2) is 6.33 Å². The molecule has 1 aliphatic rings. The van der Waals surface area contributed by atoms with Crippen molar-refractivity contribution in [1.29, 1.82) is 0 Å². The minimum atomic E-state index is -0.903. The van der Waals surface area contributed by atoms with Gasteiger partial charge in [0.25, 0.3) is 0 Å². The molecule has 100 valence electrons. The van der Waals surface area contributed by atoms with E-state index in [9.17, 15) is 9.90 Å². The second-order valence-electron chi connectivity index (χ2n) is 4.61. The lowest BCUT2D eigenvalue weighted by Gasteiger charge is -2.35. The van der Waals surface area contributed by atoms with Gasteiger partial charge in [0, 0.05) is 33.2 Å². The van der Waals surface area contributed by atoms with Gasteiger partial charge in [-0.25, -0.2) is 4.98 Å². The van der Waals surface area contributed by atoms with Crippen LogP contribution in [-0.4, -0.2) is 63.7 Å². The van der Waals surface area contributed by atoms with Gasteiger partial charge in [-0.1, -0.05) is 11.6 Å². The van der Waals surface area contributed by atoms with Crippen molar-refractivity contribution in [3.8, 4) is 0 Å². The van der Waals surface area contributed by atoms with Crippen LogP contribution in [-0.2, 0) is 11.8 Å². The summed E-state index contributed by atoms with van der Waals surface area (Å²) in [6, 6.07) is -0.757. The minimum absolute atomic E-state index is 0.390. The van der Waals surface area contributed by atoms with E-state index in [0.29, 0.717) is 23.9 Å². The van der Waals surface area contributed by atoms with Crippen LogP contribution in [0.5, 0.6) is 0 Å². The second-order valence-corrected chi connectivity index (χ2v) is 4.97. The fraction of sp³-hybridized carbons (Fsp3) is 0.636. The van der Waals surface area contributed by atoms with Crippen molar-refractivity contribution in [3.63, 3.8) is 0 Å². The smallest absolute Gasteiger partial charge is 0.327 e. The van der Waals surface area contributed by atoms with Crippen LogP contribution in [0, 0.1) is 0 Å². The van der Waals surface area contributed by atoms with Crippen LogP contribution in [0.2, 0.25) is 5.15 Å². The van der Waals surface area contributed by atoms with Crippen LogP contribution in [0.1, 0.15) is 11.7 Å². The molecule has 18 heavy (non-hydrogen) atoms. The Morgan fingerprint density at radius 1 is 1.39 bits per heavy atom. The second kappa shape index (κ2) is 5.26. The first-order valence-electron chi connectivity index (χ1n) is 5.83. The van der Waals surface area contributed by atoms with E-state index in [2.05, 4.69) is 9.88 Å². The van der Waals surface area contributed by atoms with Gasteiger partial charge < -0.3 is 14.6 Å². The van der Waals surface area contributed by atoms with E-state index in [-0.39, 0.29) is 0 Å². The fourth-order valence-corrected chi connectivity index (χ4v) is 2.34. The molecule has 0 radical (unpaired) electrons. The molecule has 2 rings (SSSR count). The normalized spacial score (nSPS) is 19.9. The van der Waals surface area contributed by atoms with Gasteiger partial charge in [0.1, 0.15) is 10.8 Å². The highest BCUT2D eigenvalue weighted by Gasteiger charge is 2.33. The Balaban J connectivity index is 2.24. The number of halogens is 1. The quantitative estimate of drug-likeness (QED) is 0.866. The molecule has 1 N–H and O–H groups in total. The highest BCUT2D eigenvalue weighted by molar-refractivity contribution is 6.30. The first-order chi connectivity index (χ1) is 8.50. The zero-order valence-corrected chi connectivity index (χ0v) is 11.3. The Morgan fingerprint density at radius 2 is 2.00 bits per heavy atom. The van der Waals surface area contributed by atoms with Crippen molar-refractivity contribution >= 4 is 17.6 Å². The first kappa shape index (κ1) is 13.3. The predicted molar refractivity (Wildman–Crippen MR) is 67.7 cm³/mol. The molecule has 0 amide bonds. The number of aromatic nitrogens is 2. The van der Waals surface area contributed by atoms with E-state index in [0.717, 1.165) is 13.1 Å². The summed E-state index contributed by atoms with van der Waals surface area (Å²) in [7, 11) is 3.78. The average Bonchev–Trinajstić information content (AvgIpc) is 2.64. The third-order valence-electron chi connectivity index (χ3n) is 3.29. The summed E-state index contributed by atoms with van der Waals surface area (Å²) >= 11 is 6.10. The summed E-state index contributed by atoms with van der Waals surface area (Å²) in [5.41, 5.74) is 0.427. The van der Waals surface area contributed by atoms with E-state index in [1.165, 1.54) is 0 Å². The van der Waals surface area contributed by atoms with Gasteiger partial charge >= 0.3 is 5.97 Å². The molecule has 1 atom stereocenters. The van der Waals surface area contributed by atoms with Gasteiger partial charge in [0.15, 0.2) is 6.04 Å². The molecule has 1 aromatic heterocycles. The van der Waals surface area contributed by atoms with Crippen LogP contribution in [0.25, 0.3) is 0 Å². The summed E-state index contributed by atoms with van der Waals surface area (Å²) in [5, 5.41) is 9.81. The lowest BCUT2D eigenvalue weighted by molar-refractivity contribution is -0.144. The zero-order valence-electron chi connectivity index (χ0n) is 10.5. The lowest BCUT2D eigenvalue weighted by atomic mass is 10.1. The molecule has 1 saturated heterocycles. The van der Waals surface area contributed by atoms with Crippen LogP contribution in [0.4, 0.5) is 0 Å². The van der Waals surface area contributed by atoms with Gasteiger partial charge in [-0.3, -0.25) is 9.69 Å². The topological polar surface area (TPSA) is 61.6 Å². The van der Waals surface area contributed by atoms with E-state index in [1.54, 1.807) is 17.9 Å². The molecule has 7 heteroatoms. The summed E-state index contributed by atoms with van der Waals surface area (Å²) in [6.45, 7) is 3.13. The molecular formula is C11H17ClN4O2. The molecule has 6 nitrogen and oxygen atoms in total. The number of rotatable bonds is 3. The van der Waals surface area contributed by atoms with E-state index in [4.69, 9.17) is 11.6 Å². The molecule has 0 saturated carbocycles. The van der Waals surface area contributed by atoms with Crippen LogP contribution >= 0.6 is 11.6 Å². The molecule has 1 aromatic rings. The largest absolute Gasteiger partial charge is 0.480 e. The fourth-order valence-electron chi connectivity index (χ4n) is 2.14. The maximum absolute atomic E-state index is 11.5. The number of carboxylic acids is 1. The molecule has 1 fully saturated rings. The summed E-state index contributed by atoms with van der Waals surface area (Å²) in [6.07, 6.45) is 1.55. The number of imidazole rings is 1. The molecule has 0 spiro atoms. The Kier molecular flexibility index (Phi) is 3.89. The molecule has 0 aliphatic carbocycles. The van der Waals surface area contributed by atoms with E-state index < -0.39 is 12.0 Å². The summed E-state index contributed by atoms with van der Waals surface area (Å²) in [5.74, 6) is -0.903. The molecular weight excluding hydrogens is 256 g/mol. The highest BCUT2D eigenvalue weighted by Crippen LogP contribution is 2.27. The van der Waals surface area contributed by atoms with Crippen molar-refractivity contribution in [3.05, 3.63) is 17.2 Å². The number of piperazine rings is 1. The van der Waals surface area contributed by atoms with Crippen molar-refractivity contribution < 1.29 is 9.90 Å². The van der Waals surface area contributed by atoms with Crippen LogP contribution in [0.3, 0.4) is 0 Å². The molecule has 1 aliphatic heterocycles. The maximum atomic E-state index is 11.5. The van der Waals surface area contributed by atoms with Gasteiger partial charge in [0.05, 0.1) is 6.33 Å². The Bertz CT molecular complexity index is 440. The monoisotopic (exact) mass is 272 g/mol.